The first-order chi connectivity index (χ1) is 4.87. The Morgan fingerprint density at radius 2 is 2.00 bits per heavy atom. The Balaban J connectivity index is 3.99. The van der Waals surface area contributed by atoms with Crippen LogP contribution in [0.1, 0.15) is 20.8 Å². The largest absolute Gasteiger partial charge is 0.455 e. The molecule has 0 spiro atoms. The third-order valence-corrected chi connectivity index (χ3v) is 0.849. The summed E-state index contributed by atoms with van der Waals surface area (Å²) in [5.41, 5.74) is 4.33. The summed E-state index contributed by atoms with van der Waals surface area (Å²) in [5.74, 6) is -0.639. The number of carbonyl (C=O) groups is 1. The Labute approximate surface area is 66.2 Å². The van der Waals surface area contributed by atoms with Crippen molar-refractivity contribution in [3.63, 3.8) is 0 Å². The second-order valence-corrected chi connectivity index (χ2v) is 3.18. The summed E-state index contributed by atoms with van der Waals surface area (Å²) >= 11 is 0. The van der Waals surface area contributed by atoms with Gasteiger partial charge in [0.05, 0.1) is 0 Å². The van der Waals surface area contributed by atoms with Gasteiger partial charge in [-0.1, -0.05) is 0 Å². The Hall–Kier alpha value is -0.900. The predicted molar refractivity (Wildman–Crippen MR) is 42.6 cm³/mol. The summed E-state index contributed by atoms with van der Waals surface area (Å²) in [5, 5.41) is 7.02. The molecule has 64 valence electrons. The molecule has 0 aliphatic rings. The zero-order chi connectivity index (χ0) is 9.07. The second kappa shape index (κ2) is 3.48. The number of hydrogen-bond acceptors (Lipinski definition) is 4. The summed E-state index contributed by atoms with van der Waals surface area (Å²) in [7, 11) is 0. The van der Waals surface area contributed by atoms with Crippen LogP contribution in [0.2, 0.25) is 0 Å². The Bertz CT molecular complexity index is 170. The van der Waals surface area contributed by atoms with Gasteiger partial charge < -0.3 is 10.5 Å². The molecule has 0 unspecified atom stereocenters. The maximum atomic E-state index is 10.9. The van der Waals surface area contributed by atoms with Crippen molar-refractivity contribution in [1.82, 2.24) is 0 Å². The van der Waals surface area contributed by atoms with Crippen LogP contribution in [0.4, 0.5) is 0 Å². The smallest absolute Gasteiger partial charge is 0.353 e. The fourth-order valence-corrected chi connectivity index (χ4v) is 0.423. The maximum absolute atomic E-state index is 10.9. The van der Waals surface area contributed by atoms with E-state index in [0.717, 1.165) is 0 Å². The fraction of sp³-hybridized carbons (Fsp3) is 0.714. The summed E-state index contributed by atoms with van der Waals surface area (Å²) in [6.07, 6.45) is 0. The minimum absolute atomic E-state index is 0.0745. The standard InChI is InChI=1S/C7H14N2O2/c1-7(2,3)11-6(10)5(9)4-8/h9H,4,8H2,1-3H3. The summed E-state index contributed by atoms with van der Waals surface area (Å²) < 4.78 is 4.85. The predicted octanol–water partition coefficient (Wildman–Crippen LogP) is 0.307. The molecule has 0 amide bonds. The van der Waals surface area contributed by atoms with Crippen molar-refractivity contribution in [3.05, 3.63) is 0 Å². The summed E-state index contributed by atoms with van der Waals surface area (Å²) in [6, 6.07) is 0. The SMILES string of the molecule is CC(C)(C)OC(=O)C(=N)CN. The molecule has 0 aromatic rings. The molecule has 0 aromatic heterocycles. The van der Waals surface area contributed by atoms with Gasteiger partial charge in [-0.2, -0.15) is 0 Å². The van der Waals surface area contributed by atoms with Crippen molar-refractivity contribution in [2.75, 3.05) is 6.54 Å². The van der Waals surface area contributed by atoms with Crippen LogP contribution in [0.15, 0.2) is 0 Å². The molecule has 0 atom stereocenters. The van der Waals surface area contributed by atoms with Gasteiger partial charge in [0.1, 0.15) is 11.3 Å². The van der Waals surface area contributed by atoms with Gasteiger partial charge in [0.25, 0.3) is 0 Å². The third kappa shape index (κ3) is 4.50. The highest BCUT2D eigenvalue weighted by Gasteiger charge is 2.18. The van der Waals surface area contributed by atoms with Gasteiger partial charge in [-0.3, -0.25) is 5.41 Å². The van der Waals surface area contributed by atoms with Crippen LogP contribution in [0, 0.1) is 5.41 Å². The van der Waals surface area contributed by atoms with Gasteiger partial charge in [-0.15, -0.1) is 0 Å². The number of ether oxygens (including phenoxy) is 1. The van der Waals surface area contributed by atoms with E-state index in [1.54, 1.807) is 20.8 Å². The van der Waals surface area contributed by atoms with Crippen LogP contribution >= 0.6 is 0 Å². The topological polar surface area (TPSA) is 76.2 Å². The van der Waals surface area contributed by atoms with Crippen LogP contribution in [-0.4, -0.2) is 23.8 Å². The van der Waals surface area contributed by atoms with Crippen molar-refractivity contribution in [2.45, 2.75) is 26.4 Å². The minimum Gasteiger partial charge on any atom is -0.455 e. The first-order valence-corrected chi connectivity index (χ1v) is 3.37. The highest BCUT2D eigenvalue weighted by atomic mass is 16.6. The lowest BCUT2D eigenvalue weighted by molar-refractivity contribution is -0.146. The van der Waals surface area contributed by atoms with Crippen LogP contribution in [0.3, 0.4) is 0 Å². The minimum atomic E-state index is -0.639. The number of nitrogens with one attached hydrogen (secondary N) is 1. The van der Waals surface area contributed by atoms with Crippen LogP contribution in [0.25, 0.3) is 0 Å². The monoisotopic (exact) mass is 158 g/mol. The summed E-state index contributed by atoms with van der Waals surface area (Å²) in [4.78, 5) is 10.9. The molecule has 3 N–H and O–H groups in total. The van der Waals surface area contributed by atoms with E-state index in [9.17, 15) is 4.79 Å². The van der Waals surface area contributed by atoms with E-state index in [1.165, 1.54) is 0 Å². The summed E-state index contributed by atoms with van der Waals surface area (Å²) in [6.45, 7) is 5.16. The number of carbonyl (C=O) groups excluding carboxylic acids is 1. The molecule has 0 fully saturated rings. The Morgan fingerprint density at radius 3 is 2.27 bits per heavy atom. The lowest BCUT2D eigenvalue weighted by Crippen LogP contribution is -2.32. The number of esters is 1. The van der Waals surface area contributed by atoms with Gasteiger partial charge in [0, 0.05) is 6.54 Å². The molecule has 4 nitrogen and oxygen atoms in total. The molecule has 0 aromatic carbocycles. The molecule has 0 radical (unpaired) electrons. The molecule has 0 aliphatic carbocycles. The molecule has 0 bridgehead atoms. The van der Waals surface area contributed by atoms with Crippen molar-refractivity contribution in [2.24, 2.45) is 5.73 Å². The Kier molecular flexibility index (Phi) is 3.19. The van der Waals surface area contributed by atoms with E-state index < -0.39 is 11.6 Å². The molecule has 0 heterocycles. The highest BCUT2D eigenvalue weighted by molar-refractivity contribution is 6.35. The first-order valence-electron chi connectivity index (χ1n) is 3.37. The van der Waals surface area contributed by atoms with Crippen molar-refractivity contribution >= 4 is 11.7 Å². The fourth-order valence-electron chi connectivity index (χ4n) is 0.423. The average Bonchev–Trinajstić information content (AvgIpc) is 1.82. The van der Waals surface area contributed by atoms with Gasteiger partial charge >= 0.3 is 5.97 Å². The van der Waals surface area contributed by atoms with Crippen LogP contribution in [-0.2, 0) is 9.53 Å². The van der Waals surface area contributed by atoms with E-state index in [2.05, 4.69) is 0 Å². The van der Waals surface area contributed by atoms with E-state index >= 15 is 0 Å². The van der Waals surface area contributed by atoms with E-state index in [1.807, 2.05) is 0 Å². The second-order valence-electron chi connectivity index (χ2n) is 3.18. The van der Waals surface area contributed by atoms with Gasteiger partial charge in [0.2, 0.25) is 0 Å². The molecule has 0 rings (SSSR count). The molecular weight excluding hydrogens is 144 g/mol. The van der Waals surface area contributed by atoms with Gasteiger partial charge in [-0.05, 0) is 20.8 Å². The van der Waals surface area contributed by atoms with Gasteiger partial charge in [0.15, 0.2) is 0 Å². The van der Waals surface area contributed by atoms with Crippen LogP contribution in [0.5, 0.6) is 0 Å². The van der Waals surface area contributed by atoms with Crippen molar-refractivity contribution in [1.29, 1.82) is 5.41 Å². The van der Waals surface area contributed by atoms with E-state index in [-0.39, 0.29) is 12.3 Å². The molecule has 11 heavy (non-hydrogen) atoms. The van der Waals surface area contributed by atoms with E-state index in [0.29, 0.717) is 0 Å². The molecule has 0 saturated heterocycles. The zero-order valence-corrected chi connectivity index (χ0v) is 7.10. The first kappa shape index (κ1) is 10.1. The lowest BCUT2D eigenvalue weighted by atomic mass is 10.2. The zero-order valence-electron chi connectivity index (χ0n) is 7.10. The molecular formula is C7H14N2O2. The number of hydrogen-bond donors (Lipinski definition) is 2. The van der Waals surface area contributed by atoms with Crippen molar-refractivity contribution < 1.29 is 9.53 Å². The third-order valence-electron chi connectivity index (χ3n) is 0.849. The molecule has 0 aliphatic heterocycles. The quantitative estimate of drug-likeness (QED) is 0.448. The van der Waals surface area contributed by atoms with E-state index in [4.69, 9.17) is 15.9 Å². The normalized spacial score (nSPS) is 10.9. The molecule has 0 saturated carbocycles. The van der Waals surface area contributed by atoms with Crippen LogP contribution < -0.4 is 5.73 Å². The Morgan fingerprint density at radius 1 is 1.55 bits per heavy atom. The van der Waals surface area contributed by atoms with Crippen molar-refractivity contribution in [3.8, 4) is 0 Å². The highest BCUT2D eigenvalue weighted by Crippen LogP contribution is 2.06. The average molecular weight is 158 g/mol. The number of rotatable bonds is 2. The maximum Gasteiger partial charge on any atom is 0.353 e. The molecule has 4 heteroatoms. The lowest BCUT2D eigenvalue weighted by Gasteiger charge is -2.19. The van der Waals surface area contributed by atoms with Gasteiger partial charge in [-0.25, -0.2) is 4.79 Å². The number of nitrogens with two attached hydrogens (primary N) is 1.